The lowest BCUT2D eigenvalue weighted by Gasteiger charge is -2.35. The van der Waals surface area contributed by atoms with E-state index in [2.05, 4.69) is 14.9 Å². The second-order valence-electron chi connectivity index (χ2n) is 6.43. The number of pyridine rings is 1. The molecule has 0 saturated carbocycles. The summed E-state index contributed by atoms with van der Waals surface area (Å²) >= 11 is 0. The Labute approximate surface area is 145 Å². The van der Waals surface area contributed by atoms with E-state index in [1.54, 1.807) is 23.4 Å². The van der Waals surface area contributed by atoms with Crippen LogP contribution in [0.25, 0.3) is 10.9 Å². The number of nitrogens with zero attached hydrogens (tertiary/aromatic N) is 3. The number of benzene rings is 1. The summed E-state index contributed by atoms with van der Waals surface area (Å²) in [6, 6.07) is 6.54. The van der Waals surface area contributed by atoms with Gasteiger partial charge < -0.3 is 14.8 Å². The van der Waals surface area contributed by atoms with Gasteiger partial charge in [0.15, 0.2) is 0 Å². The van der Waals surface area contributed by atoms with E-state index in [9.17, 15) is 9.18 Å². The molecule has 0 unspecified atom stereocenters. The summed E-state index contributed by atoms with van der Waals surface area (Å²) in [4.78, 5) is 24.3. The fourth-order valence-electron chi connectivity index (χ4n) is 3.49. The summed E-state index contributed by atoms with van der Waals surface area (Å²) in [5, 5.41) is 0.770. The van der Waals surface area contributed by atoms with E-state index < -0.39 is 0 Å². The molecule has 0 bridgehead atoms. The van der Waals surface area contributed by atoms with Gasteiger partial charge >= 0.3 is 0 Å². The average Bonchev–Trinajstić information content (AvgIpc) is 2.90. The van der Waals surface area contributed by atoms with Crippen molar-refractivity contribution in [1.29, 1.82) is 0 Å². The number of hydrogen-bond donors (Lipinski definition) is 1. The molecule has 1 aliphatic rings. The number of aryl methyl sites for hydroxylation is 1. The molecule has 3 heterocycles. The van der Waals surface area contributed by atoms with E-state index in [4.69, 9.17) is 0 Å². The van der Waals surface area contributed by atoms with E-state index in [0.717, 1.165) is 40.1 Å². The van der Waals surface area contributed by atoms with Crippen LogP contribution in [0.5, 0.6) is 0 Å². The second-order valence-corrected chi connectivity index (χ2v) is 6.43. The molecule has 128 valence electrons. The maximum absolute atomic E-state index is 13.6. The van der Waals surface area contributed by atoms with Crippen molar-refractivity contribution < 1.29 is 9.18 Å². The van der Waals surface area contributed by atoms with Crippen molar-refractivity contribution in [2.24, 2.45) is 0 Å². The third-order valence-electron chi connectivity index (χ3n) is 4.85. The number of H-pyrrole nitrogens is 1. The number of amides is 1. The number of nitrogens with one attached hydrogen (secondary N) is 1. The van der Waals surface area contributed by atoms with Crippen LogP contribution in [-0.4, -0.2) is 36.0 Å². The third kappa shape index (κ3) is 2.63. The molecule has 1 aliphatic heterocycles. The summed E-state index contributed by atoms with van der Waals surface area (Å²) in [7, 11) is 2.01. The van der Waals surface area contributed by atoms with Crippen LogP contribution >= 0.6 is 0 Å². The van der Waals surface area contributed by atoms with E-state index in [1.807, 2.05) is 20.0 Å². The van der Waals surface area contributed by atoms with Crippen LogP contribution in [0.1, 0.15) is 11.3 Å². The topological polar surface area (TPSA) is 52.2 Å². The molecule has 0 spiro atoms. The highest BCUT2D eigenvalue weighted by atomic mass is 19.1. The number of carbonyl (C=O) groups excluding carboxylic acids is 1. The van der Waals surface area contributed by atoms with Crippen LogP contribution < -0.4 is 9.80 Å². The molecule has 0 aliphatic carbocycles. The first kappa shape index (κ1) is 15.6. The maximum Gasteiger partial charge on any atom is 0.231 e. The lowest BCUT2D eigenvalue weighted by atomic mass is 10.1. The zero-order chi connectivity index (χ0) is 17.6. The summed E-state index contributed by atoms with van der Waals surface area (Å²) in [5.74, 6) is -0.301. The smallest absolute Gasteiger partial charge is 0.231 e. The second kappa shape index (κ2) is 5.88. The average molecular weight is 338 g/mol. The fraction of sp³-hybridized carbons (Fsp3) is 0.263. The van der Waals surface area contributed by atoms with Gasteiger partial charge in [-0.1, -0.05) is 0 Å². The van der Waals surface area contributed by atoms with Crippen molar-refractivity contribution >= 4 is 28.2 Å². The first-order chi connectivity index (χ1) is 12.0. The summed E-state index contributed by atoms with van der Waals surface area (Å²) in [5.41, 5.74) is 4.42. The number of carbonyl (C=O) groups is 1. The Balaban J connectivity index is 1.69. The molecule has 3 aromatic rings. The van der Waals surface area contributed by atoms with E-state index >= 15 is 0 Å². The number of aromatic nitrogens is 2. The summed E-state index contributed by atoms with van der Waals surface area (Å²) in [6.07, 6.45) is 3.69. The molecular weight excluding hydrogens is 319 g/mol. The minimum absolute atomic E-state index is 0.00406. The minimum Gasteiger partial charge on any atom is -0.371 e. The molecule has 0 radical (unpaired) electrons. The number of likely N-dealkylation sites (N-methyl/N-ethyl adjacent to an activating group) is 1. The van der Waals surface area contributed by atoms with Crippen LogP contribution in [0.4, 0.5) is 15.8 Å². The van der Waals surface area contributed by atoms with E-state index in [-0.39, 0.29) is 18.1 Å². The number of anilines is 2. The van der Waals surface area contributed by atoms with Crippen LogP contribution in [0.3, 0.4) is 0 Å². The zero-order valence-corrected chi connectivity index (χ0v) is 14.2. The van der Waals surface area contributed by atoms with Gasteiger partial charge in [-0.25, -0.2) is 4.39 Å². The molecule has 25 heavy (non-hydrogen) atoms. The first-order valence-electron chi connectivity index (χ1n) is 8.27. The first-order valence-corrected chi connectivity index (χ1v) is 8.27. The predicted molar refractivity (Wildman–Crippen MR) is 96.6 cm³/mol. The van der Waals surface area contributed by atoms with Gasteiger partial charge in [-0.2, -0.15) is 0 Å². The Bertz CT molecular complexity index is 965. The Morgan fingerprint density at radius 2 is 2.12 bits per heavy atom. The molecule has 1 aromatic carbocycles. The van der Waals surface area contributed by atoms with Gasteiger partial charge in [-0.15, -0.1) is 0 Å². The van der Waals surface area contributed by atoms with Crippen LogP contribution in [-0.2, 0) is 11.2 Å². The number of fused-ring (bicyclic) bond motifs is 2. The van der Waals surface area contributed by atoms with Gasteiger partial charge in [0, 0.05) is 42.9 Å². The molecule has 1 N–H and O–H groups in total. The van der Waals surface area contributed by atoms with Crippen molar-refractivity contribution in [2.75, 3.05) is 29.9 Å². The van der Waals surface area contributed by atoms with Crippen molar-refractivity contribution in [3.63, 3.8) is 0 Å². The Morgan fingerprint density at radius 3 is 2.96 bits per heavy atom. The SMILES string of the molecule is Cc1[nH]c2ccc(F)cc2c1CC(=O)N1CCN(C)c2ccncc21. The maximum atomic E-state index is 13.6. The van der Waals surface area contributed by atoms with Gasteiger partial charge in [0.25, 0.3) is 0 Å². The minimum atomic E-state index is -0.297. The molecule has 0 fully saturated rings. The molecule has 6 heteroatoms. The molecule has 1 amide bonds. The lowest BCUT2D eigenvalue weighted by molar-refractivity contribution is -0.118. The Kier molecular flexibility index (Phi) is 3.67. The van der Waals surface area contributed by atoms with Crippen LogP contribution in [0, 0.1) is 12.7 Å². The van der Waals surface area contributed by atoms with Crippen LogP contribution in [0.15, 0.2) is 36.7 Å². The number of rotatable bonds is 2. The van der Waals surface area contributed by atoms with Crippen molar-refractivity contribution in [1.82, 2.24) is 9.97 Å². The molecule has 0 saturated heterocycles. The highest BCUT2D eigenvalue weighted by molar-refractivity contribution is 6.00. The normalized spacial score (nSPS) is 14.0. The molecular formula is C19H19FN4O. The van der Waals surface area contributed by atoms with E-state index in [0.29, 0.717) is 6.54 Å². The molecule has 0 atom stereocenters. The summed E-state index contributed by atoms with van der Waals surface area (Å²) in [6.45, 7) is 3.30. The van der Waals surface area contributed by atoms with Crippen molar-refractivity contribution in [3.8, 4) is 0 Å². The quantitative estimate of drug-likeness (QED) is 0.781. The van der Waals surface area contributed by atoms with Crippen molar-refractivity contribution in [3.05, 3.63) is 53.7 Å². The third-order valence-corrected chi connectivity index (χ3v) is 4.85. The van der Waals surface area contributed by atoms with Gasteiger partial charge in [0.2, 0.25) is 5.91 Å². The van der Waals surface area contributed by atoms with E-state index in [1.165, 1.54) is 12.1 Å². The van der Waals surface area contributed by atoms with Crippen LogP contribution in [0.2, 0.25) is 0 Å². The number of halogens is 1. The number of aromatic amines is 1. The Hall–Kier alpha value is -2.89. The molecule has 4 rings (SSSR count). The lowest BCUT2D eigenvalue weighted by Crippen LogP contribution is -2.43. The molecule has 5 nitrogen and oxygen atoms in total. The van der Waals surface area contributed by atoms with Gasteiger partial charge in [0.05, 0.1) is 24.0 Å². The zero-order valence-electron chi connectivity index (χ0n) is 14.2. The number of hydrogen-bond acceptors (Lipinski definition) is 3. The van der Waals surface area contributed by atoms with Gasteiger partial charge in [-0.05, 0) is 36.8 Å². The standard InChI is InChI=1S/C19H19FN4O/c1-12-14(15-9-13(20)3-4-16(15)22-12)10-19(25)24-8-7-23(2)17-5-6-21-11-18(17)24/h3-6,9,11,22H,7-8,10H2,1-2H3. The largest absolute Gasteiger partial charge is 0.371 e. The highest BCUT2D eigenvalue weighted by Gasteiger charge is 2.26. The fourth-order valence-corrected chi connectivity index (χ4v) is 3.49. The highest BCUT2D eigenvalue weighted by Crippen LogP contribution is 2.32. The Morgan fingerprint density at radius 1 is 1.28 bits per heavy atom. The van der Waals surface area contributed by atoms with Crippen molar-refractivity contribution in [2.45, 2.75) is 13.3 Å². The summed E-state index contributed by atoms with van der Waals surface area (Å²) < 4.78 is 13.6. The monoisotopic (exact) mass is 338 g/mol. The predicted octanol–water partition coefficient (Wildman–Crippen LogP) is 3.04. The molecule has 2 aromatic heterocycles. The van der Waals surface area contributed by atoms with Gasteiger partial charge in [-0.3, -0.25) is 9.78 Å². The van der Waals surface area contributed by atoms with Gasteiger partial charge in [0.1, 0.15) is 5.82 Å².